The summed E-state index contributed by atoms with van der Waals surface area (Å²) in [5.41, 5.74) is 3.14. The van der Waals surface area contributed by atoms with Crippen LogP contribution in [0.25, 0.3) is 0 Å². The van der Waals surface area contributed by atoms with Crippen molar-refractivity contribution in [2.75, 3.05) is 11.9 Å². The molecule has 0 aliphatic heterocycles. The average Bonchev–Trinajstić information content (AvgIpc) is 2.42. The summed E-state index contributed by atoms with van der Waals surface area (Å²) in [4.78, 5) is 20.3. The van der Waals surface area contributed by atoms with Crippen molar-refractivity contribution >= 4 is 21.6 Å². The molecule has 0 amide bonds. The van der Waals surface area contributed by atoms with Crippen molar-refractivity contribution in [3.8, 4) is 0 Å². The highest BCUT2D eigenvalue weighted by molar-refractivity contribution is 9.10. The maximum atomic E-state index is 12.0. The molecule has 0 saturated carbocycles. The number of pyridine rings is 1. The van der Waals surface area contributed by atoms with Gasteiger partial charge in [-0.05, 0) is 48.8 Å². The van der Waals surface area contributed by atoms with Gasteiger partial charge in [-0.25, -0.2) is 4.79 Å². The molecular formula is C14H17BrN4O. The molecule has 20 heavy (non-hydrogen) atoms. The number of halogens is 1. The molecule has 6 heteroatoms. The molecule has 2 rings (SSSR count). The predicted octanol–water partition coefficient (Wildman–Crippen LogP) is 2.50. The second kappa shape index (κ2) is 6.17. The maximum absolute atomic E-state index is 12.0. The van der Waals surface area contributed by atoms with Crippen molar-refractivity contribution in [2.24, 2.45) is 0 Å². The summed E-state index contributed by atoms with van der Waals surface area (Å²) in [6, 6.07) is 3.86. The third-order valence-electron chi connectivity index (χ3n) is 3.05. The molecular weight excluding hydrogens is 320 g/mol. The Bertz CT molecular complexity index is 681. The highest BCUT2D eigenvalue weighted by atomic mass is 79.9. The fraction of sp³-hybridized carbons (Fsp3) is 0.357. The van der Waals surface area contributed by atoms with Gasteiger partial charge in [0.2, 0.25) is 0 Å². The van der Waals surface area contributed by atoms with E-state index in [2.05, 4.69) is 31.2 Å². The van der Waals surface area contributed by atoms with Crippen molar-refractivity contribution in [1.29, 1.82) is 0 Å². The molecule has 106 valence electrons. The summed E-state index contributed by atoms with van der Waals surface area (Å²) in [6.45, 7) is 7.01. The Morgan fingerprint density at radius 2 is 2.15 bits per heavy atom. The van der Waals surface area contributed by atoms with E-state index in [1.807, 2.05) is 32.9 Å². The van der Waals surface area contributed by atoms with Gasteiger partial charge in [0, 0.05) is 24.1 Å². The molecule has 0 fully saturated rings. The van der Waals surface area contributed by atoms with E-state index in [0.717, 1.165) is 28.1 Å². The van der Waals surface area contributed by atoms with Gasteiger partial charge in [0.1, 0.15) is 0 Å². The standard InChI is InChI=1S/C14H17BrN4O/c1-4-16-11-5-6-17-12(7-11)8-19-10(3)13(15)9(2)18-14(19)20/h5-7H,4,8H2,1-3H3,(H,16,17). The highest BCUT2D eigenvalue weighted by Crippen LogP contribution is 2.17. The topological polar surface area (TPSA) is 59.8 Å². The van der Waals surface area contributed by atoms with E-state index >= 15 is 0 Å². The molecule has 0 atom stereocenters. The van der Waals surface area contributed by atoms with Crippen LogP contribution in [0.3, 0.4) is 0 Å². The van der Waals surface area contributed by atoms with Crippen LogP contribution in [-0.2, 0) is 6.54 Å². The third-order valence-corrected chi connectivity index (χ3v) is 4.20. The Hall–Kier alpha value is -1.69. The summed E-state index contributed by atoms with van der Waals surface area (Å²) in [5.74, 6) is 0. The largest absolute Gasteiger partial charge is 0.385 e. The van der Waals surface area contributed by atoms with Crippen LogP contribution in [0.2, 0.25) is 0 Å². The lowest BCUT2D eigenvalue weighted by Gasteiger charge is -2.12. The fourth-order valence-electron chi connectivity index (χ4n) is 2.00. The molecule has 0 aliphatic carbocycles. The first-order valence-electron chi connectivity index (χ1n) is 6.45. The number of hydrogen-bond acceptors (Lipinski definition) is 4. The Morgan fingerprint density at radius 3 is 2.85 bits per heavy atom. The summed E-state index contributed by atoms with van der Waals surface area (Å²) in [7, 11) is 0. The average molecular weight is 337 g/mol. The van der Waals surface area contributed by atoms with Crippen molar-refractivity contribution < 1.29 is 0 Å². The molecule has 2 heterocycles. The molecule has 0 spiro atoms. The maximum Gasteiger partial charge on any atom is 0.348 e. The van der Waals surface area contributed by atoms with E-state index in [0.29, 0.717) is 12.2 Å². The SMILES string of the molecule is CCNc1ccnc(Cn2c(C)c(Br)c(C)nc2=O)c1. The van der Waals surface area contributed by atoms with Crippen LogP contribution < -0.4 is 11.0 Å². The smallest absolute Gasteiger partial charge is 0.348 e. The van der Waals surface area contributed by atoms with E-state index in [1.54, 1.807) is 10.8 Å². The van der Waals surface area contributed by atoms with Gasteiger partial charge in [0.25, 0.3) is 0 Å². The minimum absolute atomic E-state index is 0.251. The minimum Gasteiger partial charge on any atom is -0.385 e. The van der Waals surface area contributed by atoms with E-state index in [1.165, 1.54) is 0 Å². The number of rotatable bonds is 4. The second-order valence-electron chi connectivity index (χ2n) is 4.53. The quantitative estimate of drug-likeness (QED) is 0.931. The van der Waals surface area contributed by atoms with Crippen LogP contribution in [-0.4, -0.2) is 21.1 Å². The first-order chi connectivity index (χ1) is 9.52. The first-order valence-corrected chi connectivity index (χ1v) is 7.24. The van der Waals surface area contributed by atoms with E-state index < -0.39 is 0 Å². The lowest BCUT2D eigenvalue weighted by molar-refractivity contribution is 0.676. The normalized spacial score (nSPS) is 10.6. The van der Waals surface area contributed by atoms with Crippen molar-refractivity contribution in [1.82, 2.24) is 14.5 Å². The number of aromatic nitrogens is 3. The zero-order chi connectivity index (χ0) is 14.7. The molecule has 0 saturated heterocycles. The molecule has 0 radical (unpaired) electrons. The summed E-state index contributed by atoms with van der Waals surface area (Å²) in [5, 5.41) is 3.23. The van der Waals surface area contributed by atoms with Gasteiger partial charge in [-0.15, -0.1) is 0 Å². The molecule has 2 aromatic rings. The number of anilines is 1. The highest BCUT2D eigenvalue weighted by Gasteiger charge is 2.10. The zero-order valence-electron chi connectivity index (χ0n) is 11.8. The summed E-state index contributed by atoms with van der Waals surface area (Å²) >= 11 is 3.46. The Labute approximate surface area is 126 Å². The Kier molecular flexibility index (Phi) is 4.54. The second-order valence-corrected chi connectivity index (χ2v) is 5.32. The van der Waals surface area contributed by atoms with Crippen molar-refractivity contribution in [3.63, 3.8) is 0 Å². The van der Waals surface area contributed by atoms with E-state index in [4.69, 9.17) is 0 Å². The number of nitrogens with zero attached hydrogens (tertiary/aromatic N) is 3. The van der Waals surface area contributed by atoms with Gasteiger partial charge < -0.3 is 5.32 Å². The van der Waals surface area contributed by atoms with Crippen LogP contribution >= 0.6 is 15.9 Å². The van der Waals surface area contributed by atoms with Crippen LogP contribution in [0.5, 0.6) is 0 Å². The van der Waals surface area contributed by atoms with Crippen LogP contribution in [0.1, 0.15) is 24.0 Å². The van der Waals surface area contributed by atoms with Gasteiger partial charge in [0.15, 0.2) is 0 Å². The lowest BCUT2D eigenvalue weighted by Crippen LogP contribution is -2.27. The molecule has 2 aromatic heterocycles. The zero-order valence-corrected chi connectivity index (χ0v) is 13.4. The van der Waals surface area contributed by atoms with Crippen LogP contribution in [0, 0.1) is 13.8 Å². The number of aryl methyl sites for hydroxylation is 1. The molecule has 0 aliphatic rings. The van der Waals surface area contributed by atoms with Crippen molar-refractivity contribution in [3.05, 3.63) is 50.4 Å². The Morgan fingerprint density at radius 1 is 1.40 bits per heavy atom. The van der Waals surface area contributed by atoms with Crippen LogP contribution in [0.15, 0.2) is 27.6 Å². The molecule has 0 aromatic carbocycles. The van der Waals surface area contributed by atoms with Gasteiger partial charge >= 0.3 is 5.69 Å². The fourth-order valence-corrected chi connectivity index (χ4v) is 2.31. The summed E-state index contributed by atoms with van der Waals surface area (Å²) < 4.78 is 2.48. The first kappa shape index (κ1) is 14.7. The molecule has 0 bridgehead atoms. The summed E-state index contributed by atoms with van der Waals surface area (Å²) in [6.07, 6.45) is 1.74. The predicted molar refractivity (Wildman–Crippen MR) is 83.2 cm³/mol. The van der Waals surface area contributed by atoms with Gasteiger partial charge in [-0.2, -0.15) is 4.98 Å². The van der Waals surface area contributed by atoms with Gasteiger partial charge in [-0.3, -0.25) is 9.55 Å². The molecule has 5 nitrogen and oxygen atoms in total. The lowest BCUT2D eigenvalue weighted by atomic mass is 10.3. The van der Waals surface area contributed by atoms with Gasteiger partial charge in [0.05, 0.1) is 22.4 Å². The number of nitrogens with one attached hydrogen (secondary N) is 1. The van der Waals surface area contributed by atoms with E-state index in [9.17, 15) is 4.79 Å². The molecule has 1 N–H and O–H groups in total. The monoisotopic (exact) mass is 336 g/mol. The third kappa shape index (κ3) is 3.07. The van der Waals surface area contributed by atoms with E-state index in [-0.39, 0.29) is 5.69 Å². The molecule has 0 unspecified atom stereocenters. The Balaban J connectivity index is 2.38. The number of hydrogen-bond donors (Lipinski definition) is 1. The van der Waals surface area contributed by atoms with Crippen LogP contribution in [0.4, 0.5) is 5.69 Å². The van der Waals surface area contributed by atoms with Gasteiger partial charge in [-0.1, -0.05) is 0 Å². The van der Waals surface area contributed by atoms with Crippen molar-refractivity contribution in [2.45, 2.75) is 27.3 Å². The minimum atomic E-state index is -0.251.